The van der Waals surface area contributed by atoms with Crippen molar-refractivity contribution in [3.8, 4) is 0 Å². The van der Waals surface area contributed by atoms with Crippen LogP contribution < -0.4 is 0 Å². The number of rotatable bonds is 1. The van der Waals surface area contributed by atoms with E-state index in [9.17, 15) is 9.90 Å². The lowest BCUT2D eigenvalue weighted by atomic mass is 10.00. The van der Waals surface area contributed by atoms with Gasteiger partial charge in [0.1, 0.15) is 5.60 Å². The van der Waals surface area contributed by atoms with Gasteiger partial charge in [-0.3, -0.25) is 4.79 Å². The van der Waals surface area contributed by atoms with Gasteiger partial charge in [-0.1, -0.05) is 11.6 Å². The van der Waals surface area contributed by atoms with Crippen LogP contribution >= 0.6 is 11.6 Å². The van der Waals surface area contributed by atoms with Crippen LogP contribution in [0.2, 0.25) is 0 Å². The first-order valence-electron chi connectivity index (χ1n) is 4.96. The van der Waals surface area contributed by atoms with Crippen molar-refractivity contribution in [1.29, 1.82) is 0 Å². The summed E-state index contributed by atoms with van der Waals surface area (Å²) < 4.78 is 10.2. The van der Waals surface area contributed by atoms with E-state index in [1.165, 1.54) is 0 Å². The van der Waals surface area contributed by atoms with Gasteiger partial charge in [-0.15, -0.1) is 0 Å². The molecule has 1 saturated heterocycles. The van der Waals surface area contributed by atoms with E-state index in [2.05, 4.69) is 0 Å². The normalized spacial score (nSPS) is 32.5. The van der Waals surface area contributed by atoms with Gasteiger partial charge in [0.25, 0.3) is 0 Å². The molecule has 4 nitrogen and oxygen atoms in total. The summed E-state index contributed by atoms with van der Waals surface area (Å²) in [6, 6.07) is 0. The molecular formula is C10H17ClO4. The number of ether oxygens (including phenoxy) is 2. The van der Waals surface area contributed by atoms with Crippen molar-refractivity contribution in [2.75, 3.05) is 6.61 Å². The van der Waals surface area contributed by atoms with Crippen LogP contribution in [0.3, 0.4) is 0 Å². The van der Waals surface area contributed by atoms with Crippen molar-refractivity contribution in [1.82, 2.24) is 0 Å². The number of hydrogen-bond donors (Lipinski definition) is 1. The summed E-state index contributed by atoms with van der Waals surface area (Å²) in [4.78, 5) is 11.6. The van der Waals surface area contributed by atoms with E-state index in [-0.39, 0.29) is 12.6 Å². The maximum Gasteiger partial charge on any atom is 0.311 e. The van der Waals surface area contributed by atoms with E-state index in [0.29, 0.717) is 6.42 Å². The molecule has 15 heavy (non-hydrogen) atoms. The minimum Gasteiger partial charge on any atom is -0.460 e. The molecule has 1 rings (SSSR count). The number of aliphatic hydroxyl groups is 1. The summed E-state index contributed by atoms with van der Waals surface area (Å²) in [6.07, 6.45) is -0.513. The predicted octanol–water partition coefficient (Wildman–Crippen LogP) is 1.29. The number of esters is 1. The van der Waals surface area contributed by atoms with Crippen LogP contribution in [0.15, 0.2) is 0 Å². The molecule has 0 bridgehead atoms. The topological polar surface area (TPSA) is 55.8 Å². The van der Waals surface area contributed by atoms with E-state index in [4.69, 9.17) is 21.1 Å². The van der Waals surface area contributed by atoms with E-state index < -0.39 is 23.2 Å². The van der Waals surface area contributed by atoms with Crippen LogP contribution in [-0.4, -0.2) is 35.0 Å². The molecule has 1 N–H and O–H groups in total. The van der Waals surface area contributed by atoms with Crippen LogP contribution in [0.4, 0.5) is 0 Å². The molecule has 0 aromatic heterocycles. The van der Waals surface area contributed by atoms with Gasteiger partial charge in [-0.05, 0) is 27.2 Å². The zero-order valence-corrected chi connectivity index (χ0v) is 9.95. The van der Waals surface area contributed by atoms with Crippen molar-refractivity contribution >= 4 is 17.6 Å². The Kier molecular flexibility index (Phi) is 3.98. The monoisotopic (exact) mass is 236 g/mol. The van der Waals surface area contributed by atoms with Gasteiger partial charge in [0, 0.05) is 0 Å². The highest BCUT2D eigenvalue weighted by atomic mass is 35.5. The standard InChI is InChI=1S/C10H17ClO4/c1-10(2,3)15-9(13)6-4-7(12)8(11)14-5-6/h6-8,12H,4-5H2,1-3H3/t6-,7-,8?/m0/s1. The van der Waals surface area contributed by atoms with Gasteiger partial charge < -0.3 is 14.6 Å². The molecule has 1 aliphatic rings. The lowest BCUT2D eigenvalue weighted by Gasteiger charge is -2.30. The summed E-state index contributed by atoms with van der Waals surface area (Å²) in [6.45, 7) is 5.61. The van der Waals surface area contributed by atoms with E-state index >= 15 is 0 Å². The Bertz CT molecular complexity index is 236. The van der Waals surface area contributed by atoms with Crippen LogP contribution in [0, 0.1) is 5.92 Å². The predicted molar refractivity (Wildman–Crippen MR) is 55.6 cm³/mol. The highest BCUT2D eigenvalue weighted by Gasteiger charge is 2.34. The number of carbonyl (C=O) groups is 1. The Morgan fingerprint density at radius 1 is 1.53 bits per heavy atom. The summed E-state index contributed by atoms with van der Waals surface area (Å²) >= 11 is 5.65. The minimum absolute atomic E-state index is 0.208. The summed E-state index contributed by atoms with van der Waals surface area (Å²) in [5.74, 6) is -0.764. The number of halogens is 1. The Hall–Kier alpha value is -0.320. The molecule has 0 aromatic rings. The quantitative estimate of drug-likeness (QED) is 0.551. The largest absolute Gasteiger partial charge is 0.460 e. The molecule has 0 aromatic carbocycles. The average molecular weight is 237 g/mol. The van der Waals surface area contributed by atoms with Crippen molar-refractivity contribution in [3.05, 3.63) is 0 Å². The zero-order valence-electron chi connectivity index (χ0n) is 9.20. The van der Waals surface area contributed by atoms with Gasteiger partial charge in [0.15, 0.2) is 5.56 Å². The molecular weight excluding hydrogens is 220 g/mol. The first-order valence-corrected chi connectivity index (χ1v) is 5.40. The molecule has 0 amide bonds. The third kappa shape index (κ3) is 3.97. The van der Waals surface area contributed by atoms with Gasteiger partial charge in [-0.25, -0.2) is 0 Å². The smallest absolute Gasteiger partial charge is 0.311 e. The van der Waals surface area contributed by atoms with E-state index in [1.54, 1.807) is 20.8 Å². The lowest BCUT2D eigenvalue weighted by molar-refractivity contribution is -0.169. The molecule has 1 fully saturated rings. The number of alkyl halides is 1. The van der Waals surface area contributed by atoms with Crippen molar-refractivity contribution in [2.24, 2.45) is 5.92 Å². The minimum atomic E-state index is -0.807. The number of carbonyl (C=O) groups excluding carboxylic acids is 1. The number of aliphatic hydroxyl groups excluding tert-OH is 1. The Balaban J connectivity index is 2.48. The van der Waals surface area contributed by atoms with Crippen LogP contribution in [-0.2, 0) is 14.3 Å². The Morgan fingerprint density at radius 2 is 2.13 bits per heavy atom. The maximum atomic E-state index is 11.6. The van der Waals surface area contributed by atoms with Gasteiger partial charge in [0.2, 0.25) is 0 Å². The third-order valence-corrected chi connectivity index (χ3v) is 2.44. The van der Waals surface area contributed by atoms with Crippen LogP contribution in [0.1, 0.15) is 27.2 Å². The fourth-order valence-corrected chi connectivity index (χ4v) is 1.51. The van der Waals surface area contributed by atoms with Gasteiger partial charge in [-0.2, -0.15) is 0 Å². The fraction of sp³-hybridized carbons (Fsp3) is 0.900. The van der Waals surface area contributed by atoms with E-state index in [1.807, 2.05) is 0 Å². The molecule has 3 atom stereocenters. The van der Waals surface area contributed by atoms with Crippen molar-refractivity contribution in [2.45, 2.75) is 44.5 Å². The number of hydrogen-bond acceptors (Lipinski definition) is 4. The molecule has 1 aliphatic heterocycles. The van der Waals surface area contributed by atoms with E-state index in [0.717, 1.165) is 0 Å². The second-order valence-electron chi connectivity index (χ2n) is 4.72. The first-order chi connectivity index (χ1) is 6.79. The van der Waals surface area contributed by atoms with Gasteiger partial charge >= 0.3 is 5.97 Å². The van der Waals surface area contributed by atoms with Crippen LogP contribution in [0.5, 0.6) is 0 Å². The summed E-state index contributed by atoms with van der Waals surface area (Å²) in [5.41, 5.74) is -1.23. The van der Waals surface area contributed by atoms with Crippen LogP contribution in [0.25, 0.3) is 0 Å². The second kappa shape index (κ2) is 4.68. The van der Waals surface area contributed by atoms with Crippen molar-refractivity contribution < 1.29 is 19.4 Å². The average Bonchev–Trinajstić information content (AvgIpc) is 2.06. The Morgan fingerprint density at radius 3 is 2.60 bits per heavy atom. The third-order valence-electron chi connectivity index (χ3n) is 2.03. The van der Waals surface area contributed by atoms with Gasteiger partial charge in [0.05, 0.1) is 18.6 Å². The lowest BCUT2D eigenvalue weighted by Crippen LogP contribution is -2.40. The zero-order chi connectivity index (χ0) is 11.6. The molecule has 5 heteroatoms. The van der Waals surface area contributed by atoms with Crippen molar-refractivity contribution in [3.63, 3.8) is 0 Å². The molecule has 88 valence electrons. The SMILES string of the molecule is CC(C)(C)OC(=O)[C@@H]1COC(Cl)[C@@H](O)C1. The second-order valence-corrected chi connectivity index (χ2v) is 5.15. The summed E-state index contributed by atoms with van der Waals surface area (Å²) in [5, 5.41) is 9.43. The summed E-state index contributed by atoms with van der Waals surface area (Å²) in [7, 11) is 0. The molecule has 1 heterocycles. The molecule has 1 unspecified atom stereocenters. The highest BCUT2D eigenvalue weighted by molar-refractivity contribution is 6.20. The molecule has 0 aliphatic carbocycles. The molecule has 0 spiro atoms. The fourth-order valence-electron chi connectivity index (χ4n) is 1.34. The molecule has 0 saturated carbocycles. The molecule has 0 radical (unpaired) electrons. The Labute approximate surface area is 94.5 Å². The maximum absolute atomic E-state index is 11.6. The highest BCUT2D eigenvalue weighted by Crippen LogP contribution is 2.24. The first kappa shape index (κ1) is 12.7.